The molecule has 0 bridgehead atoms. The first-order chi connectivity index (χ1) is 12.2. The van der Waals surface area contributed by atoms with Gasteiger partial charge in [0.15, 0.2) is 0 Å². The van der Waals surface area contributed by atoms with Gasteiger partial charge in [0.2, 0.25) is 0 Å². The third-order valence-electron chi connectivity index (χ3n) is 3.73. The summed E-state index contributed by atoms with van der Waals surface area (Å²) in [6.45, 7) is 2.78. The highest BCUT2D eigenvalue weighted by atomic mass is 35.5. The number of carbonyl (C=O) groups excluding carboxylic acids is 2. The van der Waals surface area contributed by atoms with Gasteiger partial charge in [-0.1, -0.05) is 29.8 Å². The fourth-order valence-electron chi connectivity index (χ4n) is 2.19. The van der Waals surface area contributed by atoms with Crippen molar-refractivity contribution >= 4 is 23.6 Å². The second-order valence-corrected chi connectivity index (χ2v) is 6.20. The molecule has 146 valence electrons. The number of carbonyl (C=O) groups is 2. The van der Waals surface area contributed by atoms with Crippen LogP contribution in [-0.4, -0.2) is 56.1 Å². The second kappa shape index (κ2) is 10.9. The molecule has 2 N–H and O–H groups in total. The van der Waals surface area contributed by atoms with Crippen molar-refractivity contribution in [1.82, 2.24) is 15.5 Å². The molecular weight excluding hydrogens is 368 g/mol. The van der Waals surface area contributed by atoms with Crippen LogP contribution >= 0.6 is 11.6 Å². The summed E-state index contributed by atoms with van der Waals surface area (Å²) in [5, 5.41) is 5.85. The second-order valence-electron chi connectivity index (χ2n) is 5.82. The Hall–Kier alpha value is -1.93. The number of nitrogens with one attached hydrogen (secondary N) is 2. The van der Waals surface area contributed by atoms with Gasteiger partial charge < -0.3 is 20.3 Å². The van der Waals surface area contributed by atoms with Crippen molar-refractivity contribution in [1.29, 1.82) is 0 Å². The van der Waals surface area contributed by atoms with Gasteiger partial charge in [0, 0.05) is 32.1 Å². The Morgan fingerprint density at radius 1 is 1.31 bits per heavy atom. The minimum absolute atomic E-state index is 0.0622. The van der Waals surface area contributed by atoms with E-state index in [1.54, 1.807) is 6.07 Å². The number of hydrogen-bond acceptors (Lipinski definition) is 4. The Labute approximate surface area is 156 Å². The molecule has 0 aliphatic carbocycles. The first-order valence-electron chi connectivity index (χ1n) is 8.09. The van der Waals surface area contributed by atoms with Crippen molar-refractivity contribution in [3.05, 3.63) is 34.3 Å². The highest BCUT2D eigenvalue weighted by molar-refractivity contribution is 6.32. The lowest BCUT2D eigenvalue weighted by molar-refractivity contribution is -0.142. The Morgan fingerprint density at radius 2 is 2.00 bits per heavy atom. The molecule has 0 saturated heterocycles. The standard InChI is InChI=1S/C17H24ClF2N3O3/c1-11-5-4-6-13(16(11)18)7-22-17(25)23(3)14(10-26-12(2)24)8-21-9-15(19)20/h4-6,14-15,21H,7-10H2,1-3H3,(H,22,25). The summed E-state index contributed by atoms with van der Waals surface area (Å²) < 4.78 is 29.5. The van der Waals surface area contributed by atoms with Crippen LogP contribution in [-0.2, 0) is 16.1 Å². The first-order valence-corrected chi connectivity index (χ1v) is 8.47. The number of esters is 1. The predicted octanol–water partition coefficient (Wildman–Crippen LogP) is 2.58. The highest BCUT2D eigenvalue weighted by Gasteiger charge is 2.21. The van der Waals surface area contributed by atoms with E-state index in [1.807, 2.05) is 19.1 Å². The normalized spacial score (nSPS) is 12.0. The molecule has 1 unspecified atom stereocenters. The molecule has 1 aromatic carbocycles. The number of alkyl halides is 2. The van der Waals surface area contributed by atoms with Gasteiger partial charge in [-0.05, 0) is 18.1 Å². The van der Waals surface area contributed by atoms with Crippen LogP contribution in [0.3, 0.4) is 0 Å². The van der Waals surface area contributed by atoms with Gasteiger partial charge in [-0.3, -0.25) is 4.79 Å². The number of halogens is 3. The average molecular weight is 392 g/mol. The zero-order valence-electron chi connectivity index (χ0n) is 15.0. The van der Waals surface area contributed by atoms with Crippen LogP contribution in [0.4, 0.5) is 13.6 Å². The van der Waals surface area contributed by atoms with Crippen molar-refractivity contribution < 1.29 is 23.1 Å². The maximum absolute atomic E-state index is 12.4. The van der Waals surface area contributed by atoms with E-state index >= 15 is 0 Å². The molecule has 0 heterocycles. The smallest absolute Gasteiger partial charge is 0.317 e. The van der Waals surface area contributed by atoms with Crippen LogP contribution in [0.1, 0.15) is 18.1 Å². The predicted molar refractivity (Wildman–Crippen MR) is 95.5 cm³/mol. The lowest BCUT2D eigenvalue weighted by Crippen LogP contribution is -2.50. The molecule has 1 aromatic rings. The number of likely N-dealkylation sites (N-methyl/N-ethyl adjacent to an activating group) is 1. The maximum Gasteiger partial charge on any atom is 0.317 e. The van der Waals surface area contributed by atoms with Gasteiger partial charge in [-0.25, -0.2) is 13.6 Å². The third kappa shape index (κ3) is 7.53. The summed E-state index contributed by atoms with van der Waals surface area (Å²) in [6, 6.07) is 4.48. The van der Waals surface area contributed by atoms with Crippen molar-refractivity contribution in [3.8, 4) is 0 Å². The molecule has 0 saturated carbocycles. The fourth-order valence-corrected chi connectivity index (χ4v) is 2.38. The van der Waals surface area contributed by atoms with Crippen LogP contribution in [0.5, 0.6) is 0 Å². The average Bonchev–Trinajstić information content (AvgIpc) is 2.57. The molecule has 0 aliphatic rings. The number of urea groups is 1. The number of nitrogens with zero attached hydrogens (tertiary/aromatic N) is 1. The minimum atomic E-state index is -2.51. The van der Waals surface area contributed by atoms with E-state index < -0.39 is 31.0 Å². The van der Waals surface area contributed by atoms with E-state index in [1.165, 1.54) is 18.9 Å². The number of aryl methyl sites for hydroxylation is 1. The Kier molecular flexibility index (Phi) is 9.29. The van der Waals surface area contributed by atoms with Crippen molar-refractivity contribution in [3.63, 3.8) is 0 Å². The summed E-state index contributed by atoms with van der Waals surface area (Å²) in [6.07, 6.45) is -2.51. The lowest BCUT2D eigenvalue weighted by atomic mass is 10.1. The molecule has 26 heavy (non-hydrogen) atoms. The quantitative estimate of drug-likeness (QED) is 0.635. The SMILES string of the molecule is CC(=O)OCC(CNCC(F)F)N(C)C(=O)NCc1cccc(C)c1Cl. The Balaban J connectivity index is 2.65. The molecule has 0 radical (unpaired) electrons. The number of benzene rings is 1. The summed E-state index contributed by atoms with van der Waals surface area (Å²) >= 11 is 6.20. The molecule has 9 heteroatoms. The molecule has 0 spiro atoms. The number of rotatable bonds is 9. The first kappa shape index (κ1) is 22.1. The van der Waals surface area contributed by atoms with E-state index in [2.05, 4.69) is 10.6 Å². The summed E-state index contributed by atoms with van der Waals surface area (Å²) in [7, 11) is 1.51. The van der Waals surface area contributed by atoms with Crippen LogP contribution in [0.15, 0.2) is 18.2 Å². The molecule has 1 atom stereocenters. The zero-order valence-corrected chi connectivity index (χ0v) is 15.8. The van der Waals surface area contributed by atoms with E-state index in [-0.39, 0.29) is 19.7 Å². The Bertz CT molecular complexity index is 617. The van der Waals surface area contributed by atoms with Crippen molar-refractivity contribution in [2.75, 3.05) is 26.7 Å². The molecule has 1 rings (SSSR count). The molecule has 0 fully saturated rings. The topological polar surface area (TPSA) is 70.7 Å². The maximum atomic E-state index is 12.4. The summed E-state index contributed by atoms with van der Waals surface area (Å²) in [5.41, 5.74) is 1.66. The van der Waals surface area contributed by atoms with E-state index in [0.717, 1.165) is 11.1 Å². The van der Waals surface area contributed by atoms with Crippen molar-refractivity contribution in [2.24, 2.45) is 0 Å². The Morgan fingerprint density at radius 3 is 2.62 bits per heavy atom. The molecule has 6 nitrogen and oxygen atoms in total. The summed E-state index contributed by atoms with van der Waals surface area (Å²) in [5.74, 6) is -0.510. The third-order valence-corrected chi connectivity index (χ3v) is 4.27. The minimum Gasteiger partial charge on any atom is -0.464 e. The number of amides is 2. The van der Waals surface area contributed by atoms with Gasteiger partial charge in [-0.2, -0.15) is 0 Å². The van der Waals surface area contributed by atoms with Crippen LogP contribution in [0.2, 0.25) is 5.02 Å². The van der Waals surface area contributed by atoms with E-state index in [0.29, 0.717) is 5.02 Å². The lowest BCUT2D eigenvalue weighted by Gasteiger charge is -2.28. The molecule has 0 aliphatic heterocycles. The van der Waals surface area contributed by atoms with Crippen LogP contribution in [0.25, 0.3) is 0 Å². The fraction of sp³-hybridized carbons (Fsp3) is 0.529. The van der Waals surface area contributed by atoms with Gasteiger partial charge in [0.1, 0.15) is 6.61 Å². The van der Waals surface area contributed by atoms with E-state index in [9.17, 15) is 18.4 Å². The largest absolute Gasteiger partial charge is 0.464 e. The van der Waals surface area contributed by atoms with Crippen LogP contribution in [0, 0.1) is 6.92 Å². The van der Waals surface area contributed by atoms with Gasteiger partial charge >= 0.3 is 12.0 Å². The van der Waals surface area contributed by atoms with Gasteiger partial charge in [0.05, 0.1) is 12.6 Å². The molecule has 2 amide bonds. The molecular formula is C17H24ClF2N3O3. The van der Waals surface area contributed by atoms with Gasteiger partial charge in [-0.15, -0.1) is 0 Å². The van der Waals surface area contributed by atoms with Gasteiger partial charge in [0.25, 0.3) is 6.43 Å². The zero-order chi connectivity index (χ0) is 19.7. The summed E-state index contributed by atoms with van der Waals surface area (Å²) in [4.78, 5) is 24.7. The molecule has 0 aromatic heterocycles. The number of ether oxygens (including phenoxy) is 1. The van der Waals surface area contributed by atoms with E-state index in [4.69, 9.17) is 16.3 Å². The monoisotopic (exact) mass is 391 g/mol. The van der Waals surface area contributed by atoms with Crippen LogP contribution < -0.4 is 10.6 Å². The van der Waals surface area contributed by atoms with Crippen molar-refractivity contribution in [2.45, 2.75) is 32.9 Å². The number of hydrogen-bond donors (Lipinski definition) is 2. The highest BCUT2D eigenvalue weighted by Crippen LogP contribution is 2.20.